The number of carbonyl (C=O) groups excluding carboxylic acids is 2. The molecule has 0 aromatic carbocycles. The second kappa shape index (κ2) is 8.56. The van der Waals surface area contributed by atoms with E-state index >= 15 is 0 Å². The average Bonchev–Trinajstić information content (AvgIpc) is 3.09. The van der Waals surface area contributed by atoms with Crippen LogP contribution in [0.15, 0.2) is 11.6 Å². The summed E-state index contributed by atoms with van der Waals surface area (Å²) in [4.78, 5) is 23.1. The number of hydrogen-bond acceptors (Lipinski definition) is 4. The fraction of sp³-hybridized carbons (Fsp3) is 0.852. The molecule has 4 nitrogen and oxygen atoms in total. The van der Waals surface area contributed by atoms with Crippen molar-refractivity contribution in [2.75, 3.05) is 7.11 Å². The van der Waals surface area contributed by atoms with Gasteiger partial charge in [-0.15, -0.1) is 0 Å². The summed E-state index contributed by atoms with van der Waals surface area (Å²) in [7, 11) is 1.49. The zero-order chi connectivity index (χ0) is 22.4. The maximum atomic E-state index is 11.7. The highest BCUT2D eigenvalue weighted by Gasteiger charge is 2.59. The third kappa shape index (κ3) is 3.97. The minimum atomic E-state index is -0.144. The van der Waals surface area contributed by atoms with Crippen LogP contribution in [-0.4, -0.2) is 25.2 Å². The summed E-state index contributed by atoms with van der Waals surface area (Å²) < 4.78 is 10.5. The maximum absolute atomic E-state index is 11.7. The topological polar surface area (TPSA) is 52.6 Å². The van der Waals surface area contributed by atoms with Crippen LogP contribution in [0.1, 0.15) is 91.9 Å². The SMILES string of the molecule is COC(=O)CC[C@@H](C)[C@H]1CC[C@H]2[C@@H]3CC=C4C[C@H](OC(C)=O)CC[C@]4(C)[C@@H]3CC[C@]12C. The van der Waals surface area contributed by atoms with Gasteiger partial charge in [-0.25, -0.2) is 0 Å². The van der Waals surface area contributed by atoms with E-state index in [1.54, 1.807) is 5.57 Å². The van der Waals surface area contributed by atoms with E-state index in [2.05, 4.69) is 26.8 Å². The first-order chi connectivity index (χ1) is 14.7. The quantitative estimate of drug-likeness (QED) is 0.391. The molecule has 0 spiro atoms. The van der Waals surface area contributed by atoms with E-state index in [1.807, 2.05) is 0 Å². The Bertz CT molecular complexity index is 742. The Kier molecular flexibility index (Phi) is 6.31. The van der Waals surface area contributed by atoms with Crippen molar-refractivity contribution >= 4 is 11.9 Å². The second-order valence-corrected chi connectivity index (χ2v) is 11.6. The predicted molar refractivity (Wildman–Crippen MR) is 121 cm³/mol. The van der Waals surface area contributed by atoms with Crippen LogP contribution < -0.4 is 0 Å². The molecule has 0 N–H and O–H groups in total. The molecule has 0 heterocycles. The summed E-state index contributed by atoms with van der Waals surface area (Å²) in [6.45, 7) is 8.97. The van der Waals surface area contributed by atoms with Crippen LogP contribution in [-0.2, 0) is 19.1 Å². The van der Waals surface area contributed by atoms with Crippen molar-refractivity contribution in [2.24, 2.45) is 40.4 Å². The highest BCUT2D eigenvalue weighted by molar-refractivity contribution is 5.69. The van der Waals surface area contributed by atoms with Crippen LogP contribution in [0.3, 0.4) is 0 Å². The standard InChI is InChI=1S/C27H42O4/c1-17(6-11-25(29)30-5)22-9-10-23-21-8-7-19-16-20(31-18(2)28)12-14-26(19,3)24(21)13-15-27(22,23)4/h7,17,20-24H,6,8-16H2,1-5H3/t17-,20-,21+,22-,23+,24-,26+,27-/m1/s1. The number of carbonyl (C=O) groups is 2. The van der Waals surface area contributed by atoms with E-state index in [0.29, 0.717) is 17.8 Å². The normalized spacial score (nSPS) is 42.5. The number of hydrogen-bond donors (Lipinski definition) is 0. The Morgan fingerprint density at radius 3 is 2.61 bits per heavy atom. The summed E-state index contributed by atoms with van der Waals surface area (Å²) in [6.07, 6.45) is 13.7. The monoisotopic (exact) mass is 430 g/mol. The van der Waals surface area contributed by atoms with Gasteiger partial charge in [0, 0.05) is 19.8 Å². The van der Waals surface area contributed by atoms with E-state index in [9.17, 15) is 9.59 Å². The van der Waals surface area contributed by atoms with Crippen molar-refractivity contribution in [1.82, 2.24) is 0 Å². The lowest BCUT2D eigenvalue weighted by molar-refractivity contribution is -0.148. The molecule has 4 rings (SSSR count). The molecule has 4 aliphatic carbocycles. The summed E-state index contributed by atoms with van der Waals surface area (Å²) in [5.74, 6) is 3.45. The van der Waals surface area contributed by atoms with Gasteiger partial charge in [-0.2, -0.15) is 0 Å². The van der Waals surface area contributed by atoms with E-state index < -0.39 is 0 Å². The van der Waals surface area contributed by atoms with Crippen molar-refractivity contribution in [2.45, 2.75) is 98.0 Å². The Labute approximate surface area is 188 Å². The number of methoxy groups -OCH3 is 1. The molecular formula is C27H42O4. The molecule has 31 heavy (non-hydrogen) atoms. The first-order valence-electron chi connectivity index (χ1n) is 12.6. The zero-order valence-corrected chi connectivity index (χ0v) is 20.2. The Hall–Kier alpha value is -1.32. The highest BCUT2D eigenvalue weighted by atomic mass is 16.5. The largest absolute Gasteiger partial charge is 0.469 e. The van der Waals surface area contributed by atoms with Crippen LogP contribution >= 0.6 is 0 Å². The zero-order valence-electron chi connectivity index (χ0n) is 20.2. The van der Waals surface area contributed by atoms with Crippen molar-refractivity contribution in [3.8, 4) is 0 Å². The molecule has 0 unspecified atom stereocenters. The predicted octanol–water partition coefficient (Wildman–Crippen LogP) is 6.09. The molecular weight excluding hydrogens is 388 g/mol. The van der Waals surface area contributed by atoms with Gasteiger partial charge in [0.15, 0.2) is 0 Å². The summed E-state index contributed by atoms with van der Waals surface area (Å²) in [6, 6.07) is 0. The molecule has 4 heteroatoms. The number of esters is 2. The fourth-order valence-corrected chi connectivity index (χ4v) is 8.59. The van der Waals surface area contributed by atoms with Crippen LogP contribution in [0.2, 0.25) is 0 Å². The van der Waals surface area contributed by atoms with Gasteiger partial charge in [-0.3, -0.25) is 9.59 Å². The lowest BCUT2D eigenvalue weighted by Gasteiger charge is -2.58. The molecule has 0 bridgehead atoms. The second-order valence-electron chi connectivity index (χ2n) is 11.6. The number of fused-ring (bicyclic) bond motifs is 5. The number of rotatable bonds is 5. The molecule has 8 atom stereocenters. The van der Waals surface area contributed by atoms with E-state index in [1.165, 1.54) is 46.1 Å². The van der Waals surface area contributed by atoms with Gasteiger partial charge in [-0.05, 0) is 91.8 Å². The third-order valence-corrected chi connectivity index (χ3v) is 10.2. The fourth-order valence-electron chi connectivity index (χ4n) is 8.59. The molecule has 0 aliphatic heterocycles. The molecule has 0 saturated heterocycles. The first-order valence-corrected chi connectivity index (χ1v) is 12.6. The Balaban J connectivity index is 1.48. The van der Waals surface area contributed by atoms with E-state index in [0.717, 1.165) is 49.4 Å². The molecule has 0 aromatic rings. The third-order valence-electron chi connectivity index (χ3n) is 10.2. The van der Waals surface area contributed by atoms with Gasteiger partial charge < -0.3 is 9.47 Å². The van der Waals surface area contributed by atoms with Crippen molar-refractivity contribution in [3.63, 3.8) is 0 Å². The van der Waals surface area contributed by atoms with E-state index in [4.69, 9.17) is 9.47 Å². The number of allylic oxidation sites excluding steroid dienone is 1. The van der Waals surface area contributed by atoms with Crippen LogP contribution in [0.4, 0.5) is 0 Å². The molecule has 0 amide bonds. The number of ether oxygens (including phenoxy) is 2. The lowest BCUT2D eigenvalue weighted by atomic mass is 9.47. The molecule has 174 valence electrons. The summed E-state index contributed by atoms with van der Waals surface area (Å²) in [5.41, 5.74) is 2.26. The Morgan fingerprint density at radius 2 is 1.90 bits per heavy atom. The maximum Gasteiger partial charge on any atom is 0.305 e. The minimum Gasteiger partial charge on any atom is -0.469 e. The van der Waals surface area contributed by atoms with Gasteiger partial charge in [0.1, 0.15) is 6.10 Å². The minimum absolute atomic E-state index is 0.0718. The van der Waals surface area contributed by atoms with Crippen LogP contribution in [0.5, 0.6) is 0 Å². The van der Waals surface area contributed by atoms with E-state index in [-0.39, 0.29) is 23.5 Å². The van der Waals surface area contributed by atoms with Gasteiger partial charge in [0.25, 0.3) is 0 Å². The van der Waals surface area contributed by atoms with Crippen molar-refractivity contribution < 1.29 is 19.1 Å². The highest BCUT2D eigenvalue weighted by Crippen LogP contribution is 2.67. The average molecular weight is 431 g/mol. The lowest BCUT2D eigenvalue weighted by Crippen LogP contribution is -2.51. The van der Waals surface area contributed by atoms with Gasteiger partial charge in [0.05, 0.1) is 7.11 Å². The smallest absolute Gasteiger partial charge is 0.305 e. The first kappa shape index (κ1) is 22.9. The van der Waals surface area contributed by atoms with Gasteiger partial charge in [0.2, 0.25) is 0 Å². The van der Waals surface area contributed by atoms with Gasteiger partial charge in [-0.1, -0.05) is 32.4 Å². The summed E-state index contributed by atoms with van der Waals surface area (Å²) >= 11 is 0. The van der Waals surface area contributed by atoms with Crippen LogP contribution in [0, 0.1) is 40.4 Å². The summed E-state index contributed by atoms with van der Waals surface area (Å²) in [5, 5.41) is 0. The van der Waals surface area contributed by atoms with Gasteiger partial charge >= 0.3 is 11.9 Å². The van der Waals surface area contributed by atoms with Crippen LogP contribution in [0.25, 0.3) is 0 Å². The molecule has 0 radical (unpaired) electrons. The molecule has 3 saturated carbocycles. The van der Waals surface area contributed by atoms with Crippen molar-refractivity contribution in [3.05, 3.63) is 11.6 Å². The molecule has 3 fully saturated rings. The van der Waals surface area contributed by atoms with Crippen molar-refractivity contribution in [1.29, 1.82) is 0 Å². The Morgan fingerprint density at radius 1 is 1.13 bits per heavy atom. The molecule has 4 aliphatic rings. The molecule has 0 aromatic heterocycles.